The predicted octanol–water partition coefficient (Wildman–Crippen LogP) is 4.77. The lowest BCUT2D eigenvalue weighted by Gasteiger charge is -2.17. The van der Waals surface area contributed by atoms with Gasteiger partial charge < -0.3 is 9.47 Å². The zero-order valence-electron chi connectivity index (χ0n) is 19.2. The number of nitro benzene ring substituents is 1. The second kappa shape index (κ2) is 9.02. The van der Waals surface area contributed by atoms with Crippen LogP contribution in [-0.2, 0) is 22.7 Å². The van der Waals surface area contributed by atoms with E-state index in [-0.39, 0.29) is 23.8 Å². The van der Waals surface area contributed by atoms with Crippen molar-refractivity contribution in [1.82, 2.24) is 14.8 Å². The molecule has 0 saturated carbocycles. The zero-order chi connectivity index (χ0) is 24.5. The van der Waals surface area contributed by atoms with Gasteiger partial charge in [0.2, 0.25) is 5.88 Å². The molecule has 0 spiro atoms. The van der Waals surface area contributed by atoms with Gasteiger partial charge in [0.05, 0.1) is 23.7 Å². The van der Waals surface area contributed by atoms with Crippen LogP contribution in [0, 0.1) is 10.1 Å². The molecule has 0 fully saturated rings. The molecule has 2 aromatic heterocycles. The van der Waals surface area contributed by atoms with E-state index in [4.69, 9.17) is 9.47 Å². The zero-order valence-corrected chi connectivity index (χ0v) is 19.2. The van der Waals surface area contributed by atoms with Crippen LogP contribution < -0.4 is 4.74 Å². The molecule has 9 heteroatoms. The molecule has 176 valence electrons. The van der Waals surface area contributed by atoms with Gasteiger partial charge in [-0.15, -0.1) is 0 Å². The SMILES string of the molecule is CC/C(=C1\c2cc3cnn(CC(=O)OC)c3cc2COc2ncccc21)c1cccc([N+](=O)[O-])c1. The summed E-state index contributed by atoms with van der Waals surface area (Å²) in [4.78, 5) is 27.4. The maximum Gasteiger partial charge on any atom is 0.327 e. The smallest absolute Gasteiger partial charge is 0.327 e. The molecule has 0 radical (unpaired) electrons. The van der Waals surface area contributed by atoms with Crippen molar-refractivity contribution < 1.29 is 19.2 Å². The van der Waals surface area contributed by atoms with Crippen molar-refractivity contribution in [2.24, 2.45) is 0 Å². The van der Waals surface area contributed by atoms with E-state index in [0.29, 0.717) is 12.3 Å². The average molecular weight is 470 g/mol. The lowest BCUT2D eigenvalue weighted by molar-refractivity contribution is -0.384. The fourth-order valence-electron chi connectivity index (χ4n) is 4.48. The molecule has 4 aromatic rings. The van der Waals surface area contributed by atoms with E-state index < -0.39 is 5.97 Å². The van der Waals surface area contributed by atoms with Crippen LogP contribution in [0.1, 0.15) is 35.6 Å². The molecule has 0 atom stereocenters. The molecule has 35 heavy (non-hydrogen) atoms. The Labute approximate surface area is 200 Å². The van der Waals surface area contributed by atoms with Crippen molar-refractivity contribution in [3.05, 3.63) is 93.3 Å². The summed E-state index contributed by atoms with van der Waals surface area (Å²) in [5, 5.41) is 16.7. The summed E-state index contributed by atoms with van der Waals surface area (Å²) in [5.41, 5.74) is 6.08. The number of ether oxygens (including phenoxy) is 2. The van der Waals surface area contributed by atoms with Crippen LogP contribution in [0.2, 0.25) is 0 Å². The van der Waals surface area contributed by atoms with Crippen molar-refractivity contribution in [3.63, 3.8) is 0 Å². The fraction of sp³-hybridized carbons (Fsp3) is 0.192. The Bertz CT molecular complexity index is 1500. The van der Waals surface area contributed by atoms with Gasteiger partial charge in [-0.2, -0.15) is 5.10 Å². The molecular formula is C26H22N4O5. The Morgan fingerprint density at radius 1 is 1.20 bits per heavy atom. The van der Waals surface area contributed by atoms with Gasteiger partial charge in [0, 0.05) is 29.3 Å². The third kappa shape index (κ3) is 4.01. The Balaban J connectivity index is 1.79. The first-order chi connectivity index (χ1) is 17.0. The quantitative estimate of drug-likeness (QED) is 0.235. The first-order valence-electron chi connectivity index (χ1n) is 11.1. The second-order valence-corrected chi connectivity index (χ2v) is 8.11. The topological polar surface area (TPSA) is 109 Å². The average Bonchev–Trinajstić information content (AvgIpc) is 3.19. The van der Waals surface area contributed by atoms with E-state index in [0.717, 1.165) is 44.3 Å². The summed E-state index contributed by atoms with van der Waals surface area (Å²) in [6, 6.07) is 14.5. The summed E-state index contributed by atoms with van der Waals surface area (Å²) in [6.07, 6.45) is 4.02. The molecule has 1 aliphatic heterocycles. The van der Waals surface area contributed by atoms with Crippen LogP contribution in [0.3, 0.4) is 0 Å². The minimum Gasteiger partial charge on any atom is -0.472 e. The maximum atomic E-state index is 11.9. The summed E-state index contributed by atoms with van der Waals surface area (Å²) in [7, 11) is 1.34. The van der Waals surface area contributed by atoms with Gasteiger partial charge in [0.25, 0.3) is 5.69 Å². The van der Waals surface area contributed by atoms with Gasteiger partial charge in [0.1, 0.15) is 13.2 Å². The number of hydrogen-bond donors (Lipinski definition) is 0. The highest BCUT2D eigenvalue weighted by molar-refractivity contribution is 6.02. The number of rotatable bonds is 5. The summed E-state index contributed by atoms with van der Waals surface area (Å²) < 4.78 is 12.5. The summed E-state index contributed by atoms with van der Waals surface area (Å²) >= 11 is 0. The number of nitro groups is 1. The normalized spacial score (nSPS) is 13.9. The standard InChI is InChI=1S/C26H22N4O5/c1-3-20(16-6-4-7-19(10-16)30(32)33)25-21-8-5-9-27-26(21)35-15-18-12-23-17(11-22(18)25)13-28-29(23)14-24(31)34-2/h4-13H,3,14-15H2,1-2H3/b25-20+. The predicted molar refractivity (Wildman–Crippen MR) is 130 cm³/mol. The Morgan fingerprint density at radius 2 is 2.06 bits per heavy atom. The number of carbonyl (C=O) groups is 1. The molecule has 0 amide bonds. The number of nitrogens with zero attached hydrogens (tertiary/aromatic N) is 4. The molecular weight excluding hydrogens is 448 g/mol. The Hall–Kier alpha value is -4.53. The number of fused-ring (bicyclic) bond motifs is 3. The van der Waals surface area contributed by atoms with Crippen molar-refractivity contribution in [1.29, 1.82) is 0 Å². The number of allylic oxidation sites excluding steroid dienone is 1. The largest absolute Gasteiger partial charge is 0.472 e. The first kappa shape index (κ1) is 22.3. The molecule has 0 bridgehead atoms. The van der Waals surface area contributed by atoms with Crippen LogP contribution in [0.5, 0.6) is 5.88 Å². The molecule has 1 aliphatic rings. The van der Waals surface area contributed by atoms with E-state index in [1.807, 2.05) is 37.3 Å². The number of pyridine rings is 1. The number of non-ortho nitro benzene ring substituents is 1. The van der Waals surface area contributed by atoms with Crippen LogP contribution >= 0.6 is 0 Å². The molecule has 0 saturated heterocycles. The first-order valence-corrected chi connectivity index (χ1v) is 11.1. The number of esters is 1. The van der Waals surface area contributed by atoms with Crippen LogP contribution in [0.15, 0.2) is 60.9 Å². The summed E-state index contributed by atoms with van der Waals surface area (Å²) in [5.74, 6) is 0.104. The van der Waals surface area contributed by atoms with Crippen LogP contribution in [0.4, 0.5) is 5.69 Å². The van der Waals surface area contributed by atoms with E-state index in [1.165, 1.54) is 13.2 Å². The van der Waals surface area contributed by atoms with E-state index >= 15 is 0 Å². The lowest BCUT2D eigenvalue weighted by atomic mass is 9.86. The monoisotopic (exact) mass is 470 g/mol. The van der Waals surface area contributed by atoms with Gasteiger partial charge >= 0.3 is 5.97 Å². The van der Waals surface area contributed by atoms with Gasteiger partial charge in [-0.25, -0.2) is 4.98 Å². The highest BCUT2D eigenvalue weighted by Crippen LogP contribution is 2.42. The van der Waals surface area contributed by atoms with Crippen molar-refractivity contribution in [3.8, 4) is 5.88 Å². The minimum atomic E-state index is -0.391. The lowest BCUT2D eigenvalue weighted by Crippen LogP contribution is -2.12. The molecule has 0 aliphatic carbocycles. The number of hydrogen-bond acceptors (Lipinski definition) is 7. The molecule has 9 nitrogen and oxygen atoms in total. The molecule has 0 N–H and O–H groups in total. The van der Waals surface area contributed by atoms with Gasteiger partial charge in [-0.3, -0.25) is 19.6 Å². The molecule has 0 unspecified atom stereocenters. The van der Waals surface area contributed by atoms with Crippen molar-refractivity contribution >= 4 is 33.7 Å². The Kier molecular flexibility index (Phi) is 5.74. The maximum absolute atomic E-state index is 11.9. The fourth-order valence-corrected chi connectivity index (χ4v) is 4.48. The van der Waals surface area contributed by atoms with E-state index in [9.17, 15) is 14.9 Å². The van der Waals surface area contributed by atoms with Crippen molar-refractivity contribution in [2.45, 2.75) is 26.5 Å². The molecule has 3 heterocycles. The molecule has 5 rings (SSSR count). The van der Waals surface area contributed by atoms with Gasteiger partial charge in [-0.05, 0) is 58.5 Å². The summed E-state index contributed by atoms with van der Waals surface area (Å²) in [6.45, 7) is 2.29. The minimum absolute atomic E-state index is 0.00197. The molecule has 2 aromatic carbocycles. The van der Waals surface area contributed by atoms with Crippen molar-refractivity contribution in [2.75, 3.05) is 7.11 Å². The van der Waals surface area contributed by atoms with Gasteiger partial charge in [0.15, 0.2) is 0 Å². The number of methoxy groups -OCH3 is 1. The number of benzene rings is 2. The van der Waals surface area contributed by atoms with E-state index in [1.54, 1.807) is 29.2 Å². The van der Waals surface area contributed by atoms with Crippen LogP contribution in [0.25, 0.3) is 22.0 Å². The Morgan fingerprint density at radius 3 is 2.83 bits per heavy atom. The second-order valence-electron chi connectivity index (χ2n) is 8.11. The van der Waals surface area contributed by atoms with E-state index in [2.05, 4.69) is 10.1 Å². The highest BCUT2D eigenvalue weighted by Gasteiger charge is 2.25. The third-order valence-corrected chi connectivity index (χ3v) is 6.11. The third-order valence-electron chi connectivity index (χ3n) is 6.11. The van der Waals surface area contributed by atoms with Gasteiger partial charge in [-0.1, -0.05) is 19.1 Å². The number of aromatic nitrogens is 3. The van der Waals surface area contributed by atoms with Crippen LogP contribution in [-0.4, -0.2) is 32.8 Å². The highest BCUT2D eigenvalue weighted by atomic mass is 16.6. The number of carbonyl (C=O) groups excluding carboxylic acids is 1.